The zero-order valence-corrected chi connectivity index (χ0v) is 3.42. The van der Waals surface area contributed by atoms with Crippen molar-refractivity contribution in [3.8, 4) is 0 Å². The molecule has 0 heterocycles. The maximum Gasteiger partial charge on any atom is 0.185 e. The van der Waals surface area contributed by atoms with Gasteiger partial charge in [-0.05, 0) is 6.92 Å². The van der Waals surface area contributed by atoms with Crippen molar-refractivity contribution in [2.45, 2.75) is 6.92 Å². The molecule has 0 fully saturated rings. The van der Waals surface area contributed by atoms with Gasteiger partial charge in [0.15, 0.2) is 5.03 Å². The Balaban J connectivity index is 2.83. The summed E-state index contributed by atoms with van der Waals surface area (Å²) < 4.78 is 0. The Hall–Kier alpha value is -0.800. The molecule has 0 N–H and O–H groups in total. The first kappa shape index (κ1) is 5.20. The number of hydrogen-bond donors (Lipinski definition) is 0. The second-order valence-electron chi connectivity index (χ2n) is 0.695. The van der Waals surface area contributed by atoms with Crippen molar-refractivity contribution in [3.63, 3.8) is 0 Å². The summed E-state index contributed by atoms with van der Waals surface area (Å²) in [6.45, 7) is 1.87. The van der Waals surface area contributed by atoms with Crippen molar-refractivity contribution in [1.82, 2.24) is 5.43 Å². The Morgan fingerprint density at radius 3 is 2.50 bits per heavy atom. The molecule has 0 spiro atoms. The van der Waals surface area contributed by atoms with Crippen molar-refractivity contribution in [1.29, 1.82) is 0 Å². The minimum absolute atomic E-state index is 0.257. The van der Waals surface area contributed by atoms with Crippen molar-refractivity contribution >= 4 is 0 Å². The van der Waals surface area contributed by atoms with Gasteiger partial charge in [-0.15, -0.1) is 0 Å². The molecular weight excluding hydrogens is 84.0 g/mol. The van der Waals surface area contributed by atoms with E-state index in [1.54, 1.807) is 6.92 Å². The number of rotatable bonds is 2. The van der Waals surface area contributed by atoms with E-state index in [9.17, 15) is 10.1 Å². The van der Waals surface area contributed by atoms with Gasteiger partial charge in [-0.3, -0.25) is 0 Å². The highest BCUT2D eigenvalue weighted by atomic mass is 16.7. The summed E-state index contributed by atoms with van der Waals surface area (Å²) in [5, 5.41) is 8.54. The first-order valence-corrected chi connectivity index (χ1v) is 1.59. The van der Waals surface area contributed by atoms with Crippen LogP contribution in [0, 0.1) is 10.1 Å². The van der Waals surface area contributed by atoms with Crippen LogP contribution in [0.4, 0.5) is 0 Å². The van der Waals surface area contributed by atoms with Gasteiger partial charge < -0.3 is 0 Å². The van der Waals surface area contributed by atoms with Crippen LogP contribution >= 0.6 is 0 Å². The second-order valence-corrected chi connectivity index (χ2v) is 0.695. The normalized spacial score (nSPS) is 7.50. The largest absolute Gasteiger partial charge is 0.233 e. The lowest BCUT2D eigenvalue weighted by atomic mass is 10.8. The Bertz CT molecular complexity index is 53.5. The van der Waals surface area contributed by atoms with Gasteiger partial charge in [0.2, 0.25) is 0 Å². The third-order valence-electron chi connectivity index (χ3n) is 0.257. The first-order valence-electron chi connectivity index (χ1n) is 1.59. The predicted octanol–water partition coefficient (Wildman–Crippen LogP) is -0.198. The first-order chi connectivity index (χ1) is 2.77. The zero-order valence-electron chi connectivity index (χ0n) is 3.42. The third kappa shape index (κ3) is 3.20. The molecule has 4 nitrogen and oxygen atoms in total. The second kappa shape index (κ2) is 2.44. The molecule has 0 unspecified atom stereocenters. The van der Waals surface area contributed by atoms with Gasteiger partial charge in [0.05, 0.1) is 0 Å². The smallest absolute Gasteiger partial charge is 0.185 e. The summed E-state index contributed by atoms with van der Waals surface area (Å²) in [7, 11) is 0. The molecule has 35 valence electrons. The minimum atomic E-state index is -0.694. The summed E-state index contributed by atoms with van der Waals surface area (Å²) in [6.07, 6.45) is 0. The van der Waals surface area contributed by atoms with Crippen LogP contribution in [0.1, 0.15) is 6.92 Å². The highest BCUT2D eigenvalue weighted by Gasteiger charge is 1.87. The maximum atomic E-state index is 9.24. The predicted molar refractivity (Wildman–Crippen MR) is 19.7 cm³/mol. The molecule has 6 heavy (non-hydrogen) atoms. The lowest BCUT2D eigenvalue weighted by Crippen LogP contribution is -2.10. The van der Waals surface area contributed by atoms with E-state index < -0.39 is 5.03 Å². The lowest BCUT2D eigenvalue weighted by molar-refractivity contribution is -0.548. The van der Waals surface area contributed by atoms with Crippen LogP contribution in [-0.4, -0.2) is 11.6 Å². The van der Waals surface area contributed by atoms with Gasteiger partial charge in [-0.2, -0.15) is 0 Å². The van der Waals surface area contributed by atoms with Crippen LogP contribution in [-0.2, 0) is 0 Å². The van der Waals surface area contributed by atoms with Gasteiger partial charge in [0, 0.05) is 5.43 Å². The summed E-state index contributed by atoms with van der Waals surface area (Å²) in [6, 6.07) is 0. The van der Waals surface area contributed by atoms with Crippen LogP contribution in [0.2, 0.25) is 0 Å². The SMILES string of the molecule is CC[N][N+](=O)[O-]. The topological polar surface area (TPSA) is 57.2 Å². The minimum Gasteiger partial charge on any atom is -0.233 e. The summed E-state index contributed by atoms with van der Waals surface area (Å²) in [5.74, 6) is 0. The molecule has 4 heteroatoms. The van der Waals surface area contributed by atoms with Crippen molar-refractivity contribution in [2.24, 2.45) is 0 Å². The molecule has 0 aromatic carbocycles. The van der Waals surface area contributed by atoms with Gasteiger partial charge in [-0.1, -0.05) is 0 Å². The summed E-state index contributed by atoms with van der Waals surface area (Å²) in [4.78, 5) is 9.24. The molecule has 0 amide bonds. The van der Waals surface area contributed by atoms with Crippen LogP contribution in [0.25, 0.3) is 0 Å². The molecular formula is C2H5N2O2. The van der Waals surface area contributed by atoms with Gasteiger partial charge in [0.25, 0.3) is 0 Å². The monoisotopic (exact) mass is 89.0 g/mol. The quantitative estimate of drug-likeness (QED) is 0.347. The van der Waals surface area contributed by atoms with Crippen LogP contribution in [0.3, 0.4) is 0 Å². The van der Waals surface area contributed by atoms with Gasteiger partial charge in [0.1, 0.15) is 6.54 Å². The molecule has 0 aliphatic rings. The van der Waals surface area contributed by atoms with Crippen molar-refractivity contribution in [3.05, 3.63) is 10.1 Å². The number of nitrogens with zero attached hydrogens (tertiary/aromatic N) is 2. The molecule has 0 aromatic heterocycles. The molecule has 0 bridgehead atoms. The standard InChI is InChI=1S/C2H5N2O2/c1-2-3-4(5)6/h2H2,1H3. The van der Waals surface area contributed by atoms with E-state index in [2.05, 4.69) is 5.43 Å². The Morgan fingerprint density at radius 1 is 2.00 bits per heavy atom. The van der Waals surface area contributed by atoms with E-state index in [0.717, 1.165) is 0 Å². The molecule has 0 rings (SSSR count). The zero-order chi connectivity index (χ0) is 4.99. The molecule has 0 aliphatic heterocycles. The average Bonchev–Trinajstić information content (AvgIpc) is 1.35. The number of hydrogen-bond acceptors (Lipinski definition) is 2. The van der Waals surface area contributed by atoms with Gasteiger partial charge >= 0.3 is 0 Å². The van der Waals surface area contributed by atoms with E-state index in [1.807, 2.05) is 0 Å². The molecule has 0 saturated heterocycles. The number of nitro groups is 1. The lowest BCUT2D eigenvalue weighted by Gasteiger charge is -1.77. The summed E-state index contributed by atoms with van der Waals surface area (Å²) >= 11 is 0. The fraction of sp³-hybridized carbons (Fsp3) is 1.00. The van der Waals surface area contributed by atoms with E-state index in [1.165, 1.54) is 0 Å². The molecule has 0 aliphatic carbocycles. The van der Waals surface area contributed by atoms with E-state index in [0.29, 0.717) is 0 Å². The van der Waals surface area contributed by atoms with E-state index in [-0.39, 0.29) is 6.54 Å². The highest BCUT2D eigenvalue weighted by molar-refractivity contribution is 4.10. The highest BCUT2D eigenvalue weighted by Crippen LogP contribution is 1.56. The van der Waals surface area contributed by atoms with Crippen LogP contribution < -0.4 is 5.43 Å². The molecule has 0 atom stereocenters. The van der Waals surface area contributed by atoms with Crippen molar-refractivity contribution < 1.29 is 5.03 Å². The van der Waals surface area contributed by atoms with Crippen molar-refractivity contribution in [2.75, 3.05) is 6.54 Å². The fourth-order valence-electron chi connectivity index (χ4n) is 0.115. The molecule has 1 radical (unpaired) electrons. The van der Waals surface area contributed by atoms with E-state index in [4.69, 9.17) is 0 Å². The Labute approximate surface area is 35.3 Å². The molecule has 0 aromatic rings. The Kier molecular flexibility index (Phi) is 2.11. The van der Waals surface area contributed by atoms with Gasteiger partial charge in [-0.25, -0.2) is 10.1 Å². The average molecular weight is 89.1 g/mol. The maximum absolute atomic E-state index is 9.24. The Morgan fingerprint density at radius 2 is 2.50 bits per heavy atom. The van der Waals surface area contributed by atoms with Crippen LogP contribution in [0.15, 0.2) is 0 Å². The summed E-state index contributed by atoms with van der Waals surface area (Å²) in [5.41, 5.74) is 2.85. The fourth-order valence-corrected chi connectivity index (χ4v) is 0.115. The third-order valence-corrected chi connectivity index (χ3v) is 0.257. The molecule has 0 saturated carbocycles. The van der Waals surface area contributed by atoms with Crippen LogP contribution in [0.5, 0.6) is 0 Å². The van der Waals surface area contributed by atoms with E-state index >= 15 is 0 Å².